The number of hydrogen-bond acceptors (Lipinski definition) is 4. The van der Waals surface area contributed by atoms with Gasteiger partial charge in [-0.2, -0.15) is 0 Å². The number of para-hydroxylation sites is 2. The van der Waals surface area contributed by atoms with Crippen LogP contribution in [0, 0.1) is 5.82 Å². The molecule has 0 radical (unpaired) electrons. The first kappa shape index (κ1) is 21.8. The van der Waals surface area contributed by atoms with Crippen LogP contribution in [-0.2, 0) is 22.4 Å². The maximum Gasteiger partial charge on any atom is 0.220 e. The number of rotatable bonds is 9. The maximum atomic E-state index is 14.5. The number of fused-ring (bicyclic) bond motifs is 1. The number of amides is 2. The van der Waals surface area contributed by atoms with Crippen molar-refractivity contribution in [1.82, 2.24) is 20.6 Å². The Kier molecular flexibility index (Phi) is 6.39. The molecule has 0 bridgehead atoms. The molecule has 1 aliphatic heterocycles. The Morgan fingerprint density at radius 3 is 2.84 bits per heavy atom. The minimum atomic E-state index is -0.622. The molecule has 0 aliphatic carbocycles. The smallest absolute Gasteiger partial charge is 0.220 e. The number of methoxy groups -OCH3 is 1. The summed E-state index contributed by atoms with van der Waals surface area (Å²) in [5.41, 5.74) is 1.75. The minimum absolute atomic E-state index is 0.0655. The number of ether oxygens (including phenoxy) is 1. The van der Waals surface area contributed by atoms with Crippen LogP contribution in [0.2, 0.25) is 0 Å². The monoisotopic (exact) mass is 438 g/mol. The minimum Gasteiger partial charge on any atom is -0.497 e. The normalized spacial score (nSPS) is 18.0. The standard InChI is InChI=1S/C24H27FN4O3/c1-32-17-7-6-16(18(25)14-17)15-24(12-9-23(31)29-24)11-8-22(30)26-13-10-21-27-19-4-2-3-5-20(19)28-21/h2-7,14H,8-13,15H2,1H3,(H,26,30)(H,27,28)(H,29,31). The van der Waals surface area contributed by atoms with Gasteiger partial charge in [-0.3, -0.25) is 9.59 Å². The highest BCUT2D eigenvalue weighted by Gasteiger charge is 2.38. The van der Waals surface area contributed by atoms with E-state index in [4.69, 9.17) is 4.74 Å². The number of imidazole rings is 1. The molecule has 1 atom stereocenters. The van der Waals surface area contributed by atoms with Crippen molar-refractivity contribution in [3.63, 3.8) is 0 Å². The Hall–Kier alpha value is -3.42. The largest absolute Gasteiger partial charge is 0.497 e. The highest BCUT2D eigenvalue weighted by atomic mass is 19.1. The van der Waals surface area contributed by atoms with Crippen molar-refractivity contribution in [3.05, 3.63) is 59.7 Å². The van der Waals surface area contributed by atoms with E-state index in [1.54, 1.807) is 12.1 Å². The summed E-state index contributed by atoms with van der Waals surface area (Å²) in [6, 6.07) is 12.5. The van der Waals surface area contributed by atoms with Crippen molar-refractivity contribution in [2.24, 2.45) is 0 Å². The summed E-state index contributed by atoms with van der Waals surface area (Å²) in [7, 11) is 1.49. The maximum absolute atomic E-state index is 14.5. The van der Waals surface area contributed by atoms with Gasteiger partial charge in [0.15, 0.2) is 0 Å². The molecule has 3 N–H and O–H groups in total. The molecule has 1 aliphatic rings. The molecule has 1 fully saturated rings. The van der Waals surface area contributed by atoms with E-state index >= 15 is 0 Å². The van der Waals surface area contributed by atoms with Gasteiger partial charge in [-0.1, -0.05) is 18.2 Å². The molecule has 168 valence electrons. The third-order valence-corrected chi connectivity index (χ3v) is 5.98. The van der Waals surface area contributed by atoms with E-state index in [0.29, 0.717) is 50.0 Å². The summed E-state index contributed by atoms with van der Waals surface area (Å²) in [5, 5.41) is 5.91. The Morgan fingerprint density at radius 2 is 2.12 bits per heavy atom. The lowest BCUT2D eigenvalue weighted by molar-refractivity contribution is -0.122. The average Bonchev–Trinajstić information content (AvgIpc) is 3.37. The number of nitrogens with one attached hydrogen (secondary N) is 3. The lowest BCUT2D eigenvalue weighted by Gasteiger charge is -2.29. The quantitative estimate of drug-likeness (QED) is 0.479. The van der Waals surface area contributed by atoms with Crippen molar-refractivity contribution in [2.75, 3.05) is 13.7 Å². The third-order valence-electron chi connectivity index (χ3n) is 5.98. The van der Waals surface area contributed by atoms with Crippen LogP contribution in [0.15, 0.2) is 42.5 Å². The van der Waals surface area contributed by atoms with Gasteiger partial charge >= 0.3 is 0 Å². The zero-order chi connectivity index (χ0) is 22.6. The highest BCUT2D eigenvalue weighted by Crippen LogP contribution is 2.31. The third kappa shape index (κ3) is 5.07. The van der Waals surface area contributed by atoms with Gasteiger partial charge in [-0.15, -0.1) is 0 Å². The first-order chi connectivity index (χ1) is 15.5. The summed E-state index contributed by atoms with van der Waals surface area (Å²) >= 11 is 0. The second kappa shape index (κ2) is 9.38. The molecule has 1 unspecified atom stereocenters. The molecule has 2 aromatic carbocycles. The van der Waals surface area contributed by atoms with Gasteiger partial charge in [0.2, 0.25) is 11.8 Å². The van der Waals surface area contributed by atoms with Crippen LogP contribution >= 0.6 is 0 Å². The van der Waals surface area contributed by atoms with Crippen molar-refractivity contribution in [2.45, 2.75) is 44.1 Å². The number of nitrogens with zero attached hydrogens (tertiary/aromatic N) is 1. The second-order valence-corrected chi connectivity index (χ2v) is 8.26. The van der Waals surface area contributed by atoms with Gasteiger partial charge < -0.3 is 20.4 Å². The first-order valence-electron chi connectivity index (χ1n) is 10.8. The Morgan fingerprint density at radius 1 is 1.28 bits per heavy atom. The van der Waals surface area contributed by atoms with Gasteiger partial charge in [0.05, 0.1) is 18.1 Å². The number of halogens is 1. The molecular formula is C24H27FN4O3. The van der Waals surface area contributed by atoms with E-state index < -0.39 is 5.54 Å². The van der Waals surface area contributed by atoms with Gasteiger partial charge in [0.1, 0.15) is 17.4 Å². The van der Waals surface area contributed by atoms with Crippen molar-refractivity contribution in [1.29, 1.82) is 0 Å². The van der Waals surface area contributed by atoms with Crippen LogP contribution < -0.4 is 15.4 Å². The van der Waals surface area contributed by atoms with Gasteiger partial charge in [-0.05, 0) is 43.0 Å². The molecular weight excluding hydrogens is 411 g/mol. The van der Waals surface area contributed by atoms with E-state index in [-0.39, 0.29) is 24.1 Å². The van der Waals surface area contributed by atoms with Gasteiger partial charge in [0, 0.05) is 37.4 Å². The molecule has 4 rings (SSSR count). The van der Waals surface area contributed by atoms with Crippen molar-refractivity contribution in [3.8, 4) is 5.75 Å². The van der Waals surface area contributed by atoms with Crippen LogP contribution in [-0.4, -0.2) is 41.0 Å². The molecule has 7 nitrogen and oxygen atoms in total. The van der Waals surface area contributed by atoms with E-state index in [9.17, 15) is 14.0 Å². The molecule has 32 heavy (non-hydrogen) atoms. The number of aromatic amines is 1. The predicted molar refractivity (Wildman–Crippen MR) is 119 cm³/mol. The number of carbonyl (C=O) groups excluding carboxylic acids is 2. The van der Waals surface area contributed by atoms with Crippen LogP contribution in [0.4, 0.5) is 4.39 Å². The fourth-order valence-corrected chi connectivity index (χ4v) is 4.23. The number of H-pyrrole nitrogens is 1. The van der Waals surface area contributed by atoms with Gasteiger partial charge in [0.25, 0.3) is 0 Å². The number of benzene rings is 2. The van der Waals surface area contributed by atoms with E-state index in [2.05, 4.69) is 20.6 Å². The summed E-state index contributed by atoms with van der Waals surface area (Å²) < 4.78 is 19.5. The highest BCUT2D eigenvalue weighted by molar-refractivity contribution is 5.80. The zero-order valence-corrected chi connectivity index (χ0v) is 18.0. The Balaban J connectivity index is 1.32. The summed E-state index contributed by atoms with van der Waals surface area (Å²) in [6.07, 6.45) is 2.58. The number of aromatic nitrogens is 2. The first-order valence-corrected chi connectivity index (χ1v) is 10.8. The number of hydrogen-bond donors (Lipinski definition) is 3. The Labute approximate surface area is 185 Å². The lowest BCUT2D eigenvalue weighted by Crippen LogP contribution is -2.44. The molecule has 0 saturated carbocycles. The molecule has 2 amide bonds. The molecule has 3 aromatic rings. The zero-order valence-electron chi connectivity index (χ0n) is 18.0. The van der Waals surface area contributed by atoms with Crippen LogP contribution in [0.25, 0.3) is 11.0 Å². The fraction of sp³-hybridized carbons (Fsp3) is 0.375. The van der Waals surface area contributed by atoms with Crippen LogP contribution in [0.3, 0.4) is 0 Å². The topological polar surface area (TPSA) is 96.1 Å². The summed E-state index contributed by atoms with van der Waals surface area (Å²) in [4.78, 5) is 32.1. The molecule has 8 heteroatoms. The fourth-order valence-electron chi connectivity index (χ4n) is 4.23. The SMILES string of the molecule is COc1ccc(CC2(CCC(=O)NCCc3nc4ccccc4[nH]3)CCC(=O)N2)c(F)c1. The molecule has 0 spiro atoms. The van der Waals surface area contributed by atoms with Gasteiger partial charge in [-0.25, -0.2) is 9.37 Å². The second-order valence-electron chi connectivity index (χ2n) is 8.26. The van der Waals surface area contributed by atoms with E-state index in [1.165, 1.54) is 13.2 Å². The Bertz CT molecular complexity index is 1100. The molecule has 1 saturated heterocycles. The van der Waals surface area contributed by atoms with E-state index in [1.807, 2.05) is 24.3 Å². The van der Waals surface area contributed by atoms with E-state index in [0.717, 1.165) is 16.9 Å². The summed E-state index contributed by atoms with van der Waals surface area (Å²) in [5.74, 6) is 0.724. The average molecular weight is 439 g/mol. The summed E-state index contributed by atoms with van der Waals surface area (Å²) in [6.45, 7) is 0.463. The van der Waals surface area contributed by atoms with Crippen molar-refractivity contribution < 1.29 is 18.7 Å². The predicted octanol–water partition coefficient (Wildman–Crippen LogP) is 3.04. The van der Waals surface area contributed by atoms with Crippen LogP contribution in [0.5, 0.6) is 5.75 Å². The molecule has 2 heterocycles. The van der Waals surface area contributed by atoms with Crippen LogP contribution in [0.1, 0.15) is 37.1 Å². The lowest BCUT2D eigenvalue weighted by atomic mass is 9.84. The number of carbonyl (C=O) groups is 2. The van der Waals surface area contributed by atoms with Crippen molar-refractivity contribution >= 4 is 22.8 Å². The molecule has 1 aromatic heterocycles.